The number of carbonyl (C=O) groups excluding carboxylic acids is 1. The standard InChI is InChI=1S/C11H9F3O2/c12-11(13,14)10-4-3-9(5-7(10)6-15)16-8-1-2-8/h3-6,8H,1-2H2. The van der Waals surface area contributed by atoms with Gasteiger partial charge in [-0.05, 0) is 31.0 Å². The molecule has 0 heterocycles. The summed E-state index contributed by atoms with van der Waals surface area (Å²) in [6.07, 6.45) is -2.39. The highest BCUT2D eigenvalue weighted by Crippen LogP contribution is 2.34. The van der Waals surface area contributed by atoms with Gasteiger partial charge in [0.2, 0.25) is 0 Å². The van der Waals surface area contributed by atoms with Gasteiger partial charge in [0.1, 0.15) is 5.75 Å². The molecule has 0 radical (unpaired) electrons. The molecule has 1 aromatic rings. The highest BCUT2D eigenvalue weighted by molar-refractivity contribution is 5.78. The van der Waals surface area contributed by atoms with Crippen LogP contribution in [0.5, 0.6) is 5.75 Å². The molecule has 86 valence electrons. The van der Waals surface area contributed by atoms with Crippen molar-refractivity contribution in [3.8, 4) is 5.75 Å². The number of hydrogen-bond acceptors (Lipinski definition) is 2. The minimum absolute atomic E-state index is 0.0937. The number of rotatable bonds is 3. The average molecular weight is 230 g/mol. The molecular weight excluding hydrogens is 221 g/mol. The molecule has 5 heteroatoms. The van der Waals surface area contributed by atoms with Gasteiger partial charge in [0, 0.05) is 5.56 Å². The van der Waals surface area contributed by atoms with E-state index >= 15 is 0 Å². The predicted molar refractivity (Wildman–Crippen MR) is 50.5 cm³/mol. The third-order valence-electron chi connectivity index (χ3n) is 2.28. The highest BCUT2D eigenvalue weighted by atomic mass is 19.4. The van der Waals surface area contributed by atoms with Crippen molar-refractivity contribution >= 4 is 6.29 Å². The molecule has 0 amide bonds. The number of hydrogen-bond donors (Lipinski definition) is 0. The Kier molecular flexibility index (Phi) is 2.61. The molecule has 0 saturated heterocycles. The second-order valence-corrected chi connectivity index (χ2v) is 3.68. The Balaban J connectivity index is 2.30. The molecule has 2 rings (SSSR count). The Morgan fingerprint density at radius 1 is 1.31 bits per heavy atom. The smallest absolute Gasteiger partial charge is 0.417 e. The average Bonchev–Trinajstić information content (AvgIpc) is 3.00. The van der Waals surface area contributed by atoms with E-state index < -0.39 is 11.7 Å². The Morgan fingerprint density at radius 2 is 2.00 bits per heavy atom. The SMILES string of the molecule is O=Cc1cc(OC2CC2)ccc1C(F)(F)F. The van der Waals surface area contributed by atoms with E-state index in [4.69, 9.17) is 4.74 Å². The van der Waals surface area contributed by atoms with Gasteiger partial charge in [-0.25, -0.2) is 0 Å². The second kappa shape index (κ2) is 3.81. The van der Waals surface area contributed by atoms with Gasteiger partial charge in [-0.1, -0.05) is 0 Å². The summed E-state index contributed by atoms with van der Waals surface area (Å²) in [4.78, 5) is 10.6. The van der Waals surface area contributed by atoms with E-state index in [1.807, 2.05) is 0 Å². The summed E-state index contributed by atoms with van der Waals surface area (Å²) < 4.78 is 42.6. The van der Waals surface area contributed by atoms with Crippen LogP contribution in [0.15, 0.2) is 18.2 Å². The van der Waals surface area contributed by atoms with E-state index in [-0.39, 0.29) is 18.0 Å². The van der Waals surface area contributed by atoms with E-state index in [1.165, 1.54) is 6.07 Å². The lowest BCUT2D eigenvalue weighted by Gasteiger charge is -2.11. The number of carbonyl (C=O) groups is 1. The number of aldehydes is 1. The molecule has 0 aromatic heterocycles. The largest absolute Gasteiger partial charge is 0.490 e. The van der Waals surface area contributed by atoms with E-state index in [9.17, 15) is 18.0 Å². The predicted octanol–water partition coefficient (Wildman–Crippen LogP) is 3.06. The van der Waals surface area contributed by atoms with Crippen LogP contribution in [0.4, 0.5) is 13.2 Å². The normalized spacial score (nSPS) is 15.9. The monoisotopic (exact) mass is 230 g/mol. The van der Waals surface area contributed by atoms with Crippen molar-refractivity contribution in [2.45, 2.75) is 25.1 Å². The van der Waals surface area contributed by atoms with Crippen LogP contribution in [0, 0.1) is 0 Å². The molecule has 0 spiro atoms. The Labute approximate surface area is 90.0 Å². The van der Waals surface area contributed by atoms with Crippen molar-refractivity contribution in [3.05, 3.63) is 29.3 Å². The van der Waals surface area contributed by atoms with E-state index in [0.29, 0.717) is 5.75 Å². The van der Waals surface area contributed by atoms with Crippen molar-refractivity contribution < 1.29 is 22.7 Å². The summed E-state index contributed by atoms with van der Waals surface area (Å²) in [6, 6.07) is 3.25. The van der Waals surface area contributed by atoms with Crippen LogP contribution in [0.25, 0.3) is 0 Å². The molecule has 1 saturated carbocycles. The van der Waals surface area contributed by atoms with Gasteiger partial charge in [0.25, 0.3) is 0 Å². The lowest BCUT2D eigenvalue weighted by Crippen LogP contribution is -2.09. The second-order valence-electron chi connectivity index (χ2n) is 3.68. The Hall–Kier alpha value is -1.52. The summed E-state index contributed by atoms with van der Waals surface area (Å²) in [5, 5.41) is 0. The molecule has 2 nitrogen and oxygen atoms in total. The number of halogens is 3. The zero-order chi connectivity index (χ0) is 11.8. The quantitative estimate of drug-likeness (QED) is 0.746. The van der Waals surface area contributed by atoms with Crippen molar-refractivity contribution in [3.63, 3.8) is 0 Å². The number of alkyl halides is 3. The van der Waals surface area contributed by atoms with Crippen LogP contribution < -0.4 is 4.74 Å². The summed E-state index contributed by atoms with van der Waals surface area (Å²) >= 11 is 0. The number of ether oxygens (including phenoxy) is 1. The van der Waals surface area contributed by atoms with Gasteiger partial charge in [0.05, 0.1) is 11.7 Å². The zero-order valence-electron chi connectivity index (χ0n) is 8.25. The summed E-state index contributed by atoms with van der Waals surface area (Å²) in [7, 11) is 0. The fourth-order valence-electron chi connectivity index (χ4n) is 1.35. The van der Waals surface area contributed by atoms with Crippen molar-refractivity contribution in [2.24, 2.45) is 0 Å². The third kappa shape index (κ3) is 2.35. The molecule has 1 fully saturated rings. The summed E-state index contributed by atoms with van der Waals surface area (Å²) in [6.45, 7) is 0. The van der Waals surface area contributed by atoms with Gasteiger partial charge < -0.3 is 4.74 Å². The summed E-state index contributed by atoms with van der Waals surface area (Å²) in [5.41, 5.74) is -1.31. The molecular formula is C11H9F3O2. The first-order chi connectivity index (χ1) is 7.50. The molecule has 1 aliphatic rings. The Morgan fingerprint density at radius 3 is 2.50 bits per heavy atom. The molecule has 0 unspecified atom stereocenters. The Bertz CT molecular complexity index is 408. The van der Waals surface area contributed by atoms with Crippen LogP contribution in [-0.2, 0) is 6.18 Å². The first-order valence-electron chi connectivity index (χ1n) is 4.84. The molecule has 0 bridgehead atoms. The first-order valence-corrected chi connectivity index (χ1v) is 4.84. The maximum absolute atomic E-state index is 12.4. The maximum Gasteiger partial charge on any atom is 0.417 e. The summed E-state index contributed by atoms with van der Waals surface area (Å²) in [5.74, 6) is 0.317. The zero-order valence-corrected chi connectivity index (χ0v) is 8.25. The molecule has 0 atom stereocenters. The highest BCUT2D eigenvalue weighted by Gasteiger charge is 2.33. The van der Waals surface area contributed by atoms with Gasteiger partial charge in [0.15, 0.2) is 6.29 Å². The van der Waals surface area contributed by atoms with E-state index in [0.717, 1.165) is 25.0 Å². The van der Waals surface area contributed by atoms with Gasteiger partial charge in [-0.15, -0.1) is 0 Å². The van der Waals surface area contributed by atoms with Crippen LogP contribution in [-0.4, -0.2) is 12.4 Å². The van der Waals surface area contributed by atoms with Crippen LogP contribution in [0.2, 0.25) is 0 Å². The minimum Gasteiger partial charge on any atom is -0.490 e. The fraction of sp³-hybridized carbons (Fsp3) is 0.364. The van der Waals surface area contributed by atoms with Crippen molar-refractivity contribution in [1.29, 1.82) is 0 Å². The molecule has 0 aliphatic heterocycles. The lowest BCUT2D eigenvalue weighted by molar-refractivity contribution is -0.137. The van der Waals surface area contributed by atoms with Crippen LogP contribution >= 0.6 is 0 Å². The van der Waals surface area contributed by atoms with Crippen molar-refractivity contribution in [2.75, 3.05) is 0 Å². The maximum atomic E-state index is 12.4. The van der Waals surface area contributed by atoms with E-state index in [1.54, 1.807) is 0 Å². The van der Waals surface area contributed by atoms with Crippen LogP contribution in [0.1, 0.15) is 28.8 Å². The third-order valence-corrected chi connectivity index (χ3v) is 2.28. The van der Waals surface area contributed by atoms with Gasteiger partial charge in [-0.2, -0.15) is 13.2 Å². The lowest BCUT2D eigenvalue weighted by atomic mass is 10.1. The minimum atomic E-state index is -4.51. The van der Waals surface area contributed by atoms with Crippen LogP contribution in [0.3, 0.4) is 0 Å². The molecule has 1 aliphatic carbocycles. The number of benzene rings is 1. The topological polar surface area (TPSA) is 26.3 Å². The van der Waals surface area contributed by atoms with Gasteiger partial charge in [-0.3, -0.25) is 4.79 Å². The molecule has 1 aromatic carbocycles. The van der Waals surface area contributed by atoms with Crippen molar-refractivity contribution in [1.82, 2.24) is 0 Å². The molecule has 16 heavy (non-hydrogen) atoms. The first kappa shape index (κ1) is 11.0. The van der Waals surface area contributed by atoms with E-state index in [2.05, 4.69) is 0 Å². The molecule has 0 N–H and O–H groups in total. The fourth-order valence-corrected chi connectivity index (χ4v) is 1.35. The van der Waals surface area contributed by atoms with Gasteiger partial charge >= 0.3 is 6.18 Å².